The SMILES string of the molecule is CNC(=O)OC(C)(C)C.[Na+].[S-]c1cnc(N2CCC3(CCOC3)CC2)n2ccnc12. The van der Waals surface area contributed by atoms with Crippen molar-refractivity contribution in [1.82, 2.24) is 19.7 Å². The van der Waals surface area contributed by atoms with Gasteiger partial charge in [-0.1, -0.05) is 0 Å². The van der Waals surface area contributed by atoms with Gasteiger partial charge in [-0.15, -0.1) is 4.90 Å². The third-order valence-electron chi connectivity index (χ3n) is 5.27. The maximum Gasteiger partial charge on any atom is 1.00 e. The van der Waals surface area contributed by atoms with Gasteiger partial charge in [-0.25, -0.2) is 14.8 Å². The molecule has 4 rings (SSSR count). The maximum absolute atomic E-state index is 10.5. The first-order valence-corrected chi connectivity index (χ1v) is 10.4. The topological polar surface area (TPSA) is 81.0 Å². The van der Waals surface area contributed by atoms with Crippen LogP contribution in [0.1, 0.15) is 40.0 Å². The van der Waals surface area contributed by atoms with E-state index in [0.717, 1.165) is 37.9 Å². The third kappa shape index (κ3) is 6.20. The minimum Gasteiger partial charge on any atom is -0.775 e. The minimum absolute atomic E-state index is 0. The molecular formula is C20H30N5NaO3S. The number of hydrogen-bond donors (Lipinski definition) is 1. The number of fused-ring (bicyclic) bond motifs is 1. The molecule has 0 radical (unpaired) electrons. The number of aromatic nitrogens is 3. The summed E-state index contributed by atoms with van der Waals surface area (Å²) >= 11 is 5.27. The van der Waals surface area contributed by atoms with Gasteiger partial charge in [-0.2, -0.15) is 0 Å². The fourth-order valence-corrected chi connectivity index (χ4v) is 3.88. The average molecular weight is 444 g/mol. The molecule has 30 heavy (non-hydrogen) atoms. The number of piperidine rings is 1. The number of amides is 1. The van der Waals surface area contributed by atoms with E-state index in [1.807, 2.05) is 31.4 Å². The number of nitrogens with one attached hydrogen (secondary N) is 1. The summed E-state index contributed by atoms with van der Waals surface area (Å²) in [6, 6.07) is 0. The minimum atomic E-state index is -0.389. The van der Waals surface area contributed by atoms with E-state index in [1.54, 1.807) is 12.4 Å². The second-order valence-corrected chi connectivity index (χ2v) is 9.02. The van der Waals surface area contributed by atoms with Gasteiger partial charge in [0.25, 0.3) is 0 Å². The van der Waals surface area contributed by atoms with Crippen LogP contribution in [0.4, 0.5) is 10.7 Å². The Labute approximate surface area is 205 Å². The van der Waals surface area contributed by atoms with Crippen LogP contribution in [0.15, 0.2) is 23.5 Å². The number of ether oxygens (including phenoxy) is 2. The molecule has 1 amide bonds. The Morgan fingerprint density at radius 1 is 1.27 bits per heavy atom. The van der Waals surface area contributed by atoms with Crippen molar-refractivity contribution < 1.29 is 43.8 Å². The molecule has 8 nitrogen and oxygen atoms in total. The van der Waals surface area contributed by atoms with E-state index in [9.17, 15) is 4.79 Å². The molecule has 2 aromatic heterocycles. The van der Waals surface area contributed by atoms with E-state index in [1.165, 1.54) is 26.3 Å². The number of carbonyl (C=O) groups excluding carboxylic acids is 1. The standard InChI is InChI=1S/C14H18N4OS.C6H13NO2.Na/c20-11-9-16-13(18-7-4-15-12(11)18)17-5-1-14(2-6-17)3-8-19-10-14;1-6(2,3)9-5(8)7-4;/h4,7,9,20H,1-3,5-6,8,10H2;1-4H3,(H,7,8);/q;;+1/p-1. The molecule has 2 saturated heterocycles. The van der Waals surface area contributed by atoms with Gasteiger partial charge in [0.2, 0.25) is 5.95 Å². The first kappa shape index (κ1) is 25.1. The van der Waals surface area contributed by atoms with Crippen molar-refractivity contribution in [2.24, 2.45) is 5.41 Å². The van der Waals surface area contributed by atoms with E-state index in [-0.39, 0.29) is 41.3 Å². The van der Waals surface area contributed by atoms with Gasteiger partial charge in [0.15, 0.2) is 0 Å². The van der Waals surface area contributed by atoms with Crippen molar-refractivity contribution in [2.75, 3.05) is 38.3 Å². The van der Waals surface area contributed by atoms with E-state index in [0.29, 0.717) is 10.3 Å². The van der Waals surface area contributed by atoms with Crippen LogP contribution in [0, 0.1) is 5.41 Å². The van der Waals surface area contributed by atoms with Crippen LogP contribution in [-0.2, 0) is 22.1 Å². The molecule has 0 atom stereocenters. The zero-order valence-electron chi connectivity index (χ0n) is 18.6. The third-order valence-corrected chi connectivity index (χ3v) is 5.56. The van der Waals surface area contributed by atoms with E-state index >= 15 is 0 Å². The van der Waals surface area contributed by atoms with E-state index in [2.05, 4.69) is 20.2 Å². The first-order chi connectivity index (χ1) is 13.7. The van der Waals surface area contributed by atoms with Gasteiger partial charge in [0.05, 0.1) is 6.61 Å². The number of hydrogen-bond acceptors (Lipinski definition) is 7. The summed E-state index contributed by atoms with van der Waals surface area (Å²) < 4.78 is 12.4. The molecule has 0 aromatic carbocycles. The zero-order valence-corrected chi connectivity index (χ0v) is 21.4. The van der Waals surface area contributed by atoms with Gasteiger partial charge in [0.1, 0.15) is 11.2 Å². The molecule has 1 N–H and O–H groups in total. The maximum atomic E-state index is 10.5. The number of carbonyl (C=O) groups is 1. The van der Waals surface area contributed by atoms with Crippen molar-refractivity contribution in [3.8, 4) is 0 Å². The molecule has 2 fully saturated rings. The Morgan fingerprint density at radius 2 is 1.97 bits per heavy atom. The van der Waals surface area contributed by atoms with Crippen molar-refractivity contribution in [3.63, 3.8) is 0 Å². The van der Waals surface area contributed by atoms with Gasteiger partial charge < -0.3 is 32.3 Å². The number of nitrogens with zero attached hydrogens (tertiary/aromatic N) is 4. The summed E-state index contributed by atoms with van der Waals surface area (Å²) in [6.45, 7) is 9.38. The molecule has 2 aliphatic heterocycles. The van der Waals surface area contributed by atoms with Crippen molar-refractivity contribution in [1.29, 1.82) is 0 Å². The molecule has 1 spiro atoms. The van der Waals surface area contributed by atoms with Gasteiger partial charge >= 0.3 is 35.7 Å². The number of anilines is 1. The summed E-state index contributed by atoms with van der Waals surface area (Å²) in [5.41, 5.74) is 0.859. The Morgan fingerprint density at radius 3 is 2.50 bits per heavy atom. The average Bonchev–Trinajstić information content (AvgIpc) is 3.33. The molecular weight excluding hydrogens is 413 g/mol. The molecule has 2 aliphatic rings. The quantitative estimate of drug-likeness (QED) is 0.482. The van der Waals surface area contributed by atoms with Crippen molar-refractivity contribution in [3.05, 3.63) is 18.6 Å². The van der Waals surface area contributed by atoms with Gasteiger partial charge in [-0.3, -0.25) is 4.40 Å². The fourth-order valence-electron chi connectivity index (χ4n) is 3.67. The Kier molecular flexibility index (Phi) is 8.76. The normalized spacial score (nSPS) is 17.8. The molecule has 0 aliphatic carbocycles. The summed E-state index contributed by atoms with van der Waals surface area (Å²) in [5.74, 6) is 0.958. The predicted molar refractivity (Wildman–Crippen MR) is 113 cm³/mol. The van der Waals surface area contributed by atoms with Crippen molar-refractivity contribution in [2.45, 2.75) is 50.5 Å². The Hall–Kier alpha value is -1.13. The van der Waals surface area contributed by atoms with Crippen LogP contribution >= 0.6 is 0 Å². The van der Waals surface area contributed by atoms with Crippen LogP contribution in [-0.4, -0.2) is 59.4 Å². The van der Waals surface area contributed by atoms with E-state index in [4.69, 9.17) is 22.1 Å². The monoisotopic (exact) mass is 443 g/mol. The summed E-state index contributed by atoms with van der Waals surface area (Å²) in [4.78, 5) is 22.4. The first-order valence-electron chi connectivity index (χ1n) is 9.96. The molecule has 10 heteroatoms. The van der Waals surface area contributed by atoms with Crippen LogP contribution < -0.4 is 39.8 Å². The molecule has 0 saturated carbocycles. The van der Waals surface area contributed by atoms with Crippen LogP contribution in [0.25, 0.3) is 5.65 Å². The summed E-state index contributed by atoms with van der Waals surface area (Å²) in [5, 5.41) is 2.36. The van der Waals surface area contributed by atoms with Crippen molar-refractivity contribution >= 4 is 30.3 Å². The number of alkyl carbamates (subject to hydrolysis) is 1. The molecule has 160 valence electrons. The predicted octanol–water partition coefficient (Wildman–Crippen LogP) is -0.213. The fraction of sp³-hybridized carbons (Fsp3) is 0.650. The smallest absolute Gasteiger partial charge is 0.775 e. The molecule has 4 heterocycles. The van der Waals surface area contributed by atoms with Crippen LogP contribution in [0.3, 0.4) is 0 Å². The zero-order chi connectivity index (χ0) is 21.1. The second-order valence-electron chi connectivity index (χ2n) is 8.58. The van der Waals surface area contributed by atoms with E-state index < -0.39 is 0 Å². The number of imidazole rings is 1. The van der Waals surface area contributed by atoms with Crippen LogP contribution in [0.2, 0.25) is 0 Å². The summed E-state index contributed by atoms with van der Waals surface area (Å²) in [6.07, 6.45) is 8.66. The van der Waals surface area contributed by atoms with Crippen LogP contribution in [0.5, 0.6) is 0 Å². The van der Waals surface area contributed by atoms with Gasteiger partial charge in [0, 0.05) is 45.3 Å². The largest absolute Gasteiger partial charge is 1.00 e. The molecule has 0 unspecified atom stereocenters. The second kappa shape index (κ2) is 10.5. The molecule has 2 aromatic rings. The molecule has 0 bridgehead atoms. The van der Waals surface area contributed by atoms with Gasteiger partial charge in [-0.05, 0) is 45.4 Å². The summed E-state index contributed by atoms with van der Waals surface area (Å²) in [7, 11) is 1.54. The number of rotatable bonds is 1. The Bertz CT molecular complexity index is 839. The Balaban J connectivity index is 0.000000277.